The van der Waals surface area contributed by atoms with E-state index in [-0.39, 0.29) is 11.4 Å². The van der Waals surface area contributed by atoms with Crippen molar-refractivity contribution in [3.8, 4) is 0 Å². The van der Waals surface area contributed by atoms with Crippen LogP contribution >= 0.6 is 23.4 Å². The van der Waals surface area contributed by atoms with E-state index in [1.807, 2.05) is 18.2 Å². The van der Waals surface area contributed by atoms with Crippen LogP contribution in [0.1, 0.15) is 19.3 Å². The van der Waals surface area contributed by atoms with Crippen molar-refractivity contribution in [2.75, 3.05) is 18.6 Å². The minimum absolute atomic E-state index is 0.0867. The lowest BCUT2D eigenvalue weighted by atomic mass is 10.1. The summed E-state index contributed by atoms with van der Waals surface area (Å²) in [5.74, 6) is 0.719. The lowest BCUT2D eigenvalue weighted by molar-refractivity contribution is -0.141. The number of anilines is 1. The molecule has 1 aromatic carbocycles. The molecule has 0 heterocycles. The third kappa shape index (κ3) is 3.12. The van der Waals surface area contributed by atoms with E-state index < -0.39 is 0 Å². The zero-order chi connectivity index (χ0) is 13.2. The van der Waals surface area contributed by atoms with Crippen LogP contribution in [0.5, 0.6) is 0 Å². The predicted molar refractivity (Wildman–Crippen MR) is 74.9 cm³/mol. The molecule has 1 aliphatic rings. The van der Waals surface area contributed by atoms with Gasteiger partial charge in [0.2, 0.25) is 0 Å². The summed E-state index contributed by atoms with van der Waals surface area (Å²) in [4.78, 5) is 12.2. The maximum absolute atomic E-state index is 11.3. The van der Waals surface area contributed by atoms with E-state index in [4.69, 9.17) is 22.1 Å². The molecule has 3 nitrogen and oxygen atoms in total. The lowest BCUT2D eigenvalue weighted by Gasteiger charge is -2.14. The van der Waals surface area contributed by atoms with Crippen molar-refractivity contribution < 1.29 is 9.53 Å². The van der Waals surface area contributed by atoms with Gasteiger partial charge in [-0.15, -0.1) is 11.8 Å². The van der Waals surface area contributed by atoms with Crippen molar-refractivity contribution >= 4 is 35.0 Å². The lowest BCUT2D eigenvalue weighted by Crippen LogP contribution is -2.13. The highest BCUT2D eigenvalue weighted by Gasteiger charge is 2.44. The van der Waals surface area contributed by atoms with Crippen LogP contribution in [0, 0.1) is 5.41 Å². The molecule has 1 fully saturated rings. The van der Waals surface area contributed by atoms with Gasteiger partial charge < -0.3 is 10.5 Å². The van der Waals surface area contributed by atoms with Crippen LogP contribution in [-0.2, 0) is 9.53 Å². The first-order valence-corrected chi connectivity index (χ1v) is 7.16. The zero-order valence-electron chi connectivity index (χ0n) is 10.2. The third-order valence-corrected chi connectivity index (χ3v) is 5.15. The van der Waals surface area contributed by atoms with Crippen LogP contribution in [-0.4, -0.2) is 18.8 Å². The van der Waals surface area contributed by atoms with Crippen molar-refractivity contribution in [2.24, 2.45) is 5.41 Å². The van der Waals surface area contributed by atoms with Gasteiger partial charge in [0.25, 0.3) is 0 Å². The number of hydrogen-bond acceptors (Lipinski definition) is 4. The number of carbonyl (C=O) groups excluding carboxylic acids is 1. The molecule has 2 rings (SSSR count). The molecule has 0 amide bonds. The van der Waals surface area contributed by atoms with E-state index in [0.29, 0.717) is 17.1 Å². The molecule has 0 unspecified atom stereocenters. The van der Waals surface area contributed by atoms with Gasteiger partial charge in [0, 0.05) is 16.3 Å². The molecule has 0 aromatic heterocycles. The molecule has 0 saturated heterocycles. The van der Waals surface area contributed by atoms with Crippen LogP contribution in [0.2, 0.25) is 5.02 Å². The second-order valence-corrected chi connectivity index (χ2v) is 6.09. The number of rotatable bonds is 5. The van der Waals surface area contributed by atoms with Crippen LogP contribution < -0.4 is 5.73 Å². The Labute approximate surface area is 116 Å². The molecule has 1 aliphatic carbocycles. The number of nitrogen functional groups attached to an aromatic ring is 1. The number of hydrogen-bond donors (Lipinski definition) is 1. The van der Waals surface area contributed by atoms with Crippen LogP contribution in [0.3, 0.4) is 0 Å². The zero-order valence-corrected chi connectivity index (χ0v) is 11.8. The molecule has 2 N–H and O–H groups in total. The topological polar surface area (TPSA) is 52.3 Å². The molecule has 1 saturated carbocycles. The fourth-order valence-electron chi connectivity index (χ4n) is 1.83. The molecular weight excluding hydrogens is 270 g/mol. The summed E-state index contributed by atoms with van der Waals surface area (Å²) in [6.45, 7) is 0. The molecule has 0 bridgehead atoms. The number of carbonyl (C=O) groups is 1. The fourth-order valence-corrected chi connectivity index (χ4v) is 3.46. The number of esters is 1. The molecule has 0 radical (unpaired) electrons. The Morgan fingerprint density at radius 3 is 2.83 bits per heavy atom. The Kier molecular flexibility index (Phi) is 4.07. The summed E-state index contributed by atoms with van der Waals surface area (Å²) in [6.07, 6.45) is 2.62. The number of thioether (sulfide) groups is 1. The molecular formula is C13H16ClNO2S. The highest BCUT2D eigenvalue weighted by Crippen LogP contribution is 2.53. The van der Waals surface area contributed by atoms with E-state index in [0.717, 1.165) is 23.5 Å². The summed E-state index contributed by atoms with van der Waals surface area (Å²) in [7, 11) is 1.43. The predicted octanol–water partition coefficient (Wildman–Crippen LogP) is 3.36. The first-order valence-electron chi connectivity index (χ1n) is 5.80. The maximum Gasteiger partial charge on any atom is 0.306 e. The Bertz CT molecular complexity index is 440. The SMILES string of the molecule is COC(=O)CC1(CSc2c(N)cccc2Cl)CC1. The van der Waals surface area contributed by atoms with Gasteiger partial charge in [0.15, 0.2) is 0 Å². The number of ether oxygens (including phenoxy) is 1. The quantitative estimate of drug-likeness (QED) is 0.512. The molecule has 0 atom stereocenters. The first-order chi connectivity index (χ1) is 8.56. The first kappa shape index (κ1) is 13.6. The number of halogens is 1. The normalized spacial score (nSPS) is 16.3. The molecule has 98 valence electrons. The summed E-state index contributed by atoms with van der Waals surface area (Å²) < 4.78 is 4.73. The van der Waals surface area contributed by atoms with Crippen molar-refractivity contribution in [1.82, 2.24) is 0 Å². The van der Waals surface area contributed by atoms with Gasteiger partial charge in [0.1, 0.15) is 0 Å². The van der Waals surface area contributed by atoms with E-state index in [1.54, 1.807) is 11.8 Å². The summed E-state index contributed by atoms with van der Waals surface area (Å²) in [5, 5.41) is 0.675. The third-order valence-electron chi connectivity index (χ3n) is 3.22. The van der Waals surface area contributed by atoms with Crippen molar-refractivity contribution in [1.29, 1.82) is 0 Å². The highest BCUT2D eigenvalue weighted by atomic mass is 35.5. The second-order valence-electron chi connectivity index (χ2n) is 4.70. The number of benzene rings is 1. The monoisotopic (exact) mass is 285 g/mol. The van der Waals surface area contributed by atoms with E-state index in [9.17, 15) is 4.79 Å². The molecule has 18 heavy (non-hydrogen) atoms. The Hall–Kier alpha value is -0.870. The van der Waals surface area contributed by atoms with Crippen molar-refractivity contribution in [2.45, 2.75) is 24.2 Å². The number of methoxy groups -OCH3 is 1. The summed E-state index contributed by atoms with van der Waals surface area (Å²) in [5.41, 5.74) is 6.68. The molecule has 0 spiro atoms. The Balaban J connectivity index is 1.98. The Morgan fingerprint density at radius 2 is 2.28 bits per heavy atom. The van der Waals surface area contributed by atoms with Gasteiger partial charge in [-0.25, -0.2) is 0 Å². The standard InChI is InChI=1S/C13H16ClNO2S/c1-17-11(16)7-13(5-6-13)8-18-12-9(14)3-2-4-10(12)15/h2-4H,5-8,15H2,1H3. The average Bonchev–Trinajstić information content (AvgIpc) is 3.08. The van der Waals surface area contributed by atoms with E-state index in [2.05, 4.69) is 0 Å². The Morgan fingerprint density at radius 1 is 1.56 bits per heavy atom. The van der Waals surface area contributed by atoms with Crippen molar-refractivity contribution in [3.63, 3.8) is 0 Å². The highest BCUT2D eigenvalue weighted by molar-refractivity contribution is 7.99. The van der Waals surface area contributed by atoms with Gasteiger partial charge in [0.05, 0.1) is 18.6 Å². The van der Waals surface area contributed by atoms with Gasteiger partial charge >= 0.3 is 5.97 Å². The summed E-state index contributed by atoms with van der Waals surface area (Å²) >= 11 is 7.75. The minimum atomic E-state index is -0.139. The van der Waals surface area contributed by atoms with Crippen LogP contribution in [0.4, 0.5) is 5.69 Å². The van der Waals surface area contributed by atoms with Gasteiger partial charge in [-0.05, 0) is 30.4 Å². The average molecular weight is 286 g/mol. The largest absolute Gasteiger partial charge is 0.469 e. The smallest absolute Gasteiger partial charge is 0.306 e. The van der Waals surface area contributed by atoms with Crippen molar-refractivity contribution in [3.05, 3.63) is 23.2 Å². The summed E-state index contributed by atoms with van der Waals surface area (Å²) in [6, 6.07) is 5.51. The number of nitrogens with two attached hydrogens (primary N) is 1. The van der Waals surface area contributed by atoms with Gasteiger partial charge in [-0.2, -0.15) is 0 Å². The fraction of sp³-hybridized carbons (Fsp3) is 0.462. The van der Waals surface area contributed by atoms with Crippen LogP contribution in [0.25, 0.3) is 0 Å². The minimum Gasteiger partial charge on any atom is -0.469 e. The molecule has 5 heteroatoms. The maximum atomic E-state index is 11.3. The molecule has 1 aromatic rings. The van der Waals surface area contributed by atoms with Crippen LogP contribution in [0.15, 0.2) is 23.1 Å². The van der Waals surface area contributed by atoms with E-state index in [1.165, 1.54) is 7.11 Å². The molecule has 0 aliphatic heterocycles. The van der Waals surface area contributed by atoms with Gasteiger partial charge in [-0.1, -0.05) is 17.7 Å². The van der Waals surface area contributed by atoms with E-state index >= 15 is 0 Å². The van der Waals surface area contributed by atoms with Gasteiger partial charge in [-0.3, -0.25) is 4.79 Å². The second kappa shape index (κ2) is 5.41.